The molecule has 8 nitrogen and oxygen atoms in total. The first-order valence-corrected chi connectivity index (χ1v) is 11.2. The van der Waals surface area contributed by atoms with Gasteiger partial charge in [-0.05, 0) is 42.3 Å². The van der Waals surface area contributed by atoms with Gasteiger partial charge in [-0.1, -0.05) is 24.3 Å². The molecule has 3 rings (SSSR count). The third-order valence-corrected chi connectivity index (χ3v) is 5.65. The second-order valence-corrected chi connectivity index (χ2v) is 7.85. The Morgan fingerprint density at radius 2 is 1.83 bits per heavy atom. The Kier molecular flexibility index (Phi) is 8.90. The number of piperazine rings is 1. The second kappa shape index (κ2) is 12.3. The number of rotatable bonds is 9. The average Bonchev–Trinajstić information content (AvgIpc) is 2.91. The molecule has 0 radical (unpaired) electrons. The molecule has 1 amide bonds. The summed E-state index contributed by atoms with van der Waals surface area (Å²) in [5.41, 5.74) is 2.47. The second-order valence-electron chi connectivity index (χ2n) is 7.85. The van der Waals surface area contributed by atoms with Gasteiger partial charge in [-0.15, -0.1) is 6.58 Å². The Balaban J connectivity index is 1.80. The number of hydrogen-bond acceptors (Lipinski definition) is 7. The third kappa shape index (κ3) is 6.42. The van der Waals surface area contributed by atoms with Crippen molar-refractivity contribution in [3.63, 3.8) is 0 Å². The van der Waals surface area contributed by atoms with Crippen molar-refractivity contribution in [1.82, 2.24) is 4.90 Å². The molecule has 0 N–H and O–H groups in total. The maximum Gasteiger partial charge on any atom is 0.343 e. The number of para-hydroxylation sites is 1. The lowest BCUT2D eigenvalue weighted by Gasteiger charge is -2.36. The van der Waals surface area contributed by atoms with E-state index in [-0.39, 0.29) is 18.1 Å². The summed E-state index contributed by atoms with van der Waals surface area (Å²) in [5, 5.41) is 9.74. The van der Waals surface area contributed by atoms with E-state index >= 15 is 0 Å². The maximum atomic E-state index is 13.1. The lowest BCUT2D eigenvalue weighted by molar-refractivity contribution is -0.143. The highest BCUT2D eigenvalue weighted by Crippen LogP contribution is 2.34. The lowest BCUT2D eigenvalue weighted by Crippen LogP contribution is -2.49. The minimum absolute atomic E-state index is 0.0352. The Labute approximate surface area is 205 Å². The summed E-state index contributed by atoms with van der Waals surface area (Å²) >= 11 is 0. The molecule has 1 aliphatic heterocycles. The van der Waals surface area contributed by atoms with Crippen LogP contribution in [0.15, 0.2) is 60.7 Å². The van der Waals surface area contributed by atoms with E-state index in [4.69, 9.17) is 9.47 Å². The van der Waals surface area contributed by atoms with Crippen LogP contribution in [0.1, 0.15) is 11.1 Å². The number of carbonyl (C=O) groups excluding carboxylic acids is 2. The van der Waals surface area contributed by atoms with Crippen LogP contribution in [-0.4, -0.2) is 63.8 Å². The number of esters is 1. The summed E-state index contributed by atoms with van der Waals surface area (Å²) in [6.07, 6.45) is 3.67. The van der Waals surface area contributed by atoms with Gasteiger partial charge in [-0.3, -0.25) is 4.79 Å². The van der Waals surface area contributed by atoms with E-state index in [1.165, 1.54) is 14.2 Å². The molecule has 0 bridgehead atoms. The Morgan fingerprint density at radius 1 is 1.11 bits per heavy atom. The van der Waals surface area contributed by atoms with Gasteiger partial charge in [0.15, 0.2) is 18.1 Å². The molecule has 0 atom stereocenters. The number of allylic oxidation sites excluding steroid dienone is 1. The molecule has 8 heteroatoms. The van der Waals surface area contributed by atoms with Crippen LogP contribution in [-0.2, 0) is 20.7 Å². The zero-order valence-corrected chi connectivity index (χ0v) is 20.0. The predicted octanol–water partition coefficient (Wildman–Crippen LogP) is 3.23. The van der Waals surface area contributed by atoms with Crippen molar-refractivity contribution < 1.29 is 23.8 Å². The van der Waals surface area contributed by atoms with Crippen molar-refractivity contribution in [3.05, 3.63) is 71.8 Å². The molecule has 182 valence electrons. The summed E-state index contributed by atoms with van der Waals surface area (Å²) in [5.74, 6) is -0.0710. The van der Waals surface area contributed by atoms with Gasteiger partial charge in [0.05, 0.1) is 14.2 Å². The van der Waals surface area contributed by atoms with Gasteiger partial charge in [-0.25, -0.2) is 4.79 Å². The molecule has 2 aromatic rings. The number of anilines is 1. The highest BCUT2D eigenvalue weighted by molar-refractivity contribution is 6.02. The van der Waals surface area contributed by atoms with Gasteiger partial charge >= 0.3 is 5.97 Å². The van der Waals surface area contributed by atoms with Crippen molar-refractivity contribution in [3.8, 4) is 17.6 Å². The van der Waals surface area contributed by atoms with Crippen LogP contribution in [0, 0.1) is 11.3 Å². The van der Waals surface area contributed by atoms with E-state index in [9.17, 15) is 14.9 Å². The average molecular weight is 476 g/mol. The van der Waals surface area contributed by atoms with E-state index in [1.807, 2.05) is 36.4 Å². The number of amides is 1. The summed E-state index contributed by atoms with van der Waals surface area (Å²) in [6, 6.07) is 15.5. The van der Waals surface area contributed by atoms with E-state index in [0.717, 1.165) is 5.69 Å². The minimum Gasteiger partial charge on any atom is -0.493 e. The number of carbonyl (C=O) groups is 2. The smallest absolute Gasteiger partial charge is 0.343 e. The molecule has 1 fully saturated rings. The number of nitriles is 1. The fourth-order valence-corrected chi connectivity index (χ4v) is 3.86. The summed E-state index contributed by atoms with van der Waals surface area (Å²) < 4.78 is 15.7. The first-order valence-electron chi connectivity index (χ1n) is 11.2. The van der Waals surface area contributed by atoms with Crippen molar-refractivity contribution in [2.45, 2.75) is 6.42 Å². The molecule has 35 heavy (non-hydrogen) atoms. The van der Waals surface area contributed by atoms with Crippen molar-refractivity contribution in [2.75, 3.05) is 51.9 Å². The molecule has 0 unspecified atom stereocenters. The van der Waals surface area contributed by atoms with Gasteiger partial charge in [0.1, 0.15) is 11.6 Å². The van der Waals surface area contributed by atoms with Gasteiger partial charge < -0.3 is 24.0 Å². The van der Waals surface area contributed by atoms with E-state index in [2.05, 4.69) is 16.2 Å². The summed E-state index contributed by atoms with van der Waals surface area (Å²) in [7, 11) is 2.76. The molecular weight excluding hydrogens is 446 g/mol. The number of methoxy groups -OCH3 is 2. The largest absolute Gasteiger partial charge is 0.493 e. The molecule has 0 aromatic heterocycles. The molecule has 0 saturated carbocycles. The highest BCUT2D eigenvalue weighted by Gasteiger charge is 2.24. The Bertz CT molecular complexity index is 1130. The number of nitrogens with zero attached hydrogens (tertiary/aromatic N) is 3. The fraction of sp³-hybridized carbons (Fsp3) is 0.296. The van der Waals surface area contributed by atoms with Crippen molar-refractivity contribution in [1.29, 1.82) is 5.26 Å². The van der Waals surface area contributed by atoms with Gasteiger partial charge in [0.2, 0.25) is 0 Å². The van der Waals surface area contributed by atoms with Gasteiger partial charge in [0, 0.05) is 37.4 Å². The zero-order valence-electron chi connectivity index (χ0n) is 20.0. The Hall–Kier alpha value is -4.25. The van der Waals surface area contributed by atoms with Gasteiger partial charge in [0.25, 0.3) is 5.91 Å². The molecule has 0 spiro atoms. The quantitative estimate of drug-likeness (QED) is 0.238. The molecule has 2 aromatic carbocycles. The van der Waals surface area contributed by atoms with Crippen LogP contribution in [0.5, 0.6) is 11.5 Å². The zero-order chi connectivity index (χ0) is 25.2. The number of ether oxygens (including phenoxy) is 3. The van der Waals surface area contributed by atoms with Crippen LogP contribution in [0.2, 0.25) is 0 Å². The molecule has 1 aliphatic rings. The standard InChI is InChI=1S/C27H29N3O5/c1-4-8-21-15-20(17-24(33-2)26(21)35-19-25(31)34-3)16-22(18-28)27(32)30-13-11-29(12-14-30)23-9-6-5-7-10-23/h4-7,9-10,15-17H,1,8,11-14,19H2,2-3H3/b22-16-. The van der Waals surface area contributed by atoms with E-state index in [0.29, 0.717) is 55.2 Å². The van der Waals surface area contributed by atoms with Crippen molar-refractivity contribution in [2.24, 2.45) is 0 Å². The van der Waals surface area contributed by atoms with E-state index in [1.54, 1.807) is 29.2 Å². The monoisotopic (exact) mass is 475 g/mol. The van der Waals surface area contributed by atoms with Gasteiger partial charge in [-0.2, -0.15) is 5.26 Å². The molecular formula is C27H29N3O5. The maximum absolute atomic E-state index is 13.1. The molecule has 0 aliphatic carbocycles. The summed E-state index contributed by atoms with van der Waals surface area (Å²) in [6.45, 7) is 5.93. The highest BCUT2D eigenvalue weighted by atomic mass is 16.6. The van der Waals surface area contributed by atoms with E-state index < -0.39 is 5.97 Å². The third-order valence-electron chi connectivity index (χ3n) is 5.65. The Morgan fingerprint density at radius 3 is 2.43 bits per heavy atom. The normalized spacial score (nSPS) is 13.6. The van der Waals surface area contributed by atoms with Crippen LogP contribution < -0.4 is 14.4 Å². The lowest BCUT2D eigenvalue weighted by atomic mass is 10.0. The predicted molar refractivity (Wildman–Crippen MR) is 133 cm³/mol. The van der Waals surface area contributed by atoms with Crippen LogP contribution in [0.3, 0.4) is 0 Å². The first-order chi connectivity index (χ1) is 17.0. The topological polar surface area (TPSA) is 92.1 Å². The molecule has 1 saturated heterocycles. The fourth-order valence-electron chi connectivity index (χ4n) is 3.86. The first kappa shape index (κ1) is 25.4. The number of benzene rings is 2. The number of hydrogen-bond donors (Lipinski definition) is 0. The van der Waals surface area contributed by atoms with Crippen LogP contribution in [0.25, 0.3) is 6.08 Å². The SMILES string of the molecule is C=CCc1cc(/C=C(/C#N)C(=O)N2CCN(c3ccccc3)CC2)cc(OC)c1OCC(=O)OC. The summed E-state index contributed by atoms with van der Waals surface area (Å²) in [4.78, 5) is 28.6. The van der Waals surface area contributed by atoms with Crippen molar-refractivity contribution >= 4 is 23.6 Å². The minimum atomic E-state index is -0.523. The molecule has 1 heterocycles. The van der Waals surface area contributed by atoms with Crippen LogP contribution in [0.4, 0.5) is 5.69 Å². The van der Waals surface area contributed by atoms with Crippen LogP contribution >= 0.6 is 0 Å².